The molecule has 1 atom stereocenters. The third-order valence-corrected chi connectivity index (χ3v) is 6.95. The summed E-state index contributed by atoms with van der Waals surface area (Å²) in [5, 5.41) is 6.96. The number of hydrogen-bond acceptors (Lipinski definition) is 5. The Morgan fingerprint density at radius 2 is 1.83 bits per heavy atom. The first-order chi connectivity index (χ1) is 13.5. The number of rotatable bonds is 5. The number of benzene rings is 1. The number of alkyl carbamates (subject to hydrolysis) is 1. The van der Waals surface area contributed by atoms with E-state index >= 15 is 0 Å². The first-order valence-electron chi connectivity index (χ1n) is 10.1. The topological polar surface area (TPSA) is 96.9 Å². The molecule has 0 aliphatic heterocycles. The summed E-state index contributed by atoms with van der Waals surface area (Å²) in [4.78, 5) is 14.4. The van der Waals surface area contributed by atoms with Gasteiger partial charge in [-0.3, -0.25) is 0 Å². The van der Waals surface area contributed by atoms with Gasteiger partial charge in [0, 0.05) is 18.2 Å². The summed E-state index contributed by atoms with van der Waals surface area (Å²) >= 11 is 0. The summed E-state index contributed by atoms with van der Waals surface area (Å²) in [6.45, 7) is 7.46. The lowest BCUT2D eigenvalue weighted by atomic mass is 9.82. The van der Waals surface area contributed by atoms with Crippen molar-refractivity contribution in [3.63, 3.8) is 0 Å². The van der Waals surface area contributed by atoms with Crippen LogP contribution in [-0.2, 0) is 14.8 Å². The quantitative estimate of drug-likeness (QED) is 0.559. The molecule has 0 bridgehead atoms. The van der Waals surface area contributed by atoms with Gasteiger partial charge in [-0.15, -0.1) is 0 Å². The van der Waals surface area contributed by atoms with E-state index < -0.39 is 15.6 Å². The Balaban J connectivity index is 1.45. The van der Waals surface area contributed by atoms with Crippen LogP contribution in [0.5, 0.6) is 0 Å². The van der Waals surface area contributed by atoms with E-state index in [1.807, 2.05) is 27.7 Å². The Labute approximate surface area is 173 Å². The molecule has 2 saturated carbocycles. The molecule has 1 aromatic rings. The number of ether oxygens (including phenoxy) is 1. The van der Waals surface area contributed by atoms with Crippen LogP contribution in [0.4, 0.5) is 4.79 Å². The Morgan fingerprint density at radius 3 is 2.41 bits per heavy atom. The van der Waals surface area contributed by atoms with Gasteiger partial charge in [0.25, 0.3) is 10.0 Å². The molecule has 0 radical (unpaired) electrons. The minimum Gasteiger partial charge on any atom is -0.444 e. The fourth-order valence-corrected chi connectivity index (χ4v) is 4.74. The number of sulfonamides is 1. The third-order valence-electron chi connectivity index (χ3n) is 5.71. The van der Waals surface area contributed by atoms with Crippen molar-refractivity contribution >= 4 is 22.3 Å². The third kappa shape index (κ3) is 5.72. The second kappa shape index (κ2) is 7.97. The molecule has 2 aliphatic rings. The molecule has 0 heterocycles. The van der Waals surface area contributed by atoms with Crippen molar-refractivity contribution in [3.8, 4) is 0 Å². The molecule has 1 unspecified atom stereocenters. The number of nitrogens with one attached hydrogen (secondary N) is 2. The fourth-order valence-electron chi connectivity index (χ4n) is 3.94. The summed E-state index contributed by atoms with van der Waals surface area (Å²) in [5.74, 6) is 0.283. The highest BCUT2D eigenvalue weighted by Crippen LogP contribution is 2.60. The second-order valence-corrected chi connectivity index (χ2v) is 10.9. The van der Waals surface area contributed by atoms with Crippen molar-refractivity contribution in [2.24, 2.45) is 16.4 Å². The molecule has 0 aromatic heterocycles. The van der Waals surface area contributed by atoms with Crippen LogP contribution in [0.15, 0.2) is 34.3 Å². The van der Waals surface area contributed by atoms with Crippen LogP contribution in [-0.4, -0.2) is 32.4 Å². The van der Waals surface area contributed by atoms with Crippen LogP contribution in [0.2, 0.25) is 0 Å². The van der Waals surface area contributed by atoms with E-state index in [0.29, 0.717) is 0 Å². The van der Waals surface area contributed by atoms with Gasteiger partial charge in [0.2, 0.25) is 0 Å². The number of hydrogen-bond donors (Lipinski definition) is 2. The molecule has 0 saturated heterocycles. The van der Waals surface area contributed by atoms with Crippen molar-refractivity contribution in [2.45, 2.75) is 76.3 Å². The van der Waals surface area contributed by atoms with E-state index in [0.717, 1.165) is 37.7 Å². The predicted molar refractivity (Wildman–Crippen MR) is 112 cm³/mol. The van der Waals surface area contributed by atoms with Crippen LogP contribution in [0, 0.1) is 18.3 Å². The van der Waals surface area contributed by atoms with Crippen LogP contribution in [0.25, 0.3) is 0 Å². The molecule has 1 aromatic carbocycles. The van der Waals surface area contributed by atoms with E-state index in [2.05, 4.69) is 15.2 Å². The van der Waals surface area contributed by atoms with Crippen molar-refractivity contribution in [3.05, 3.63) is 29.8 Å². The normalized spacial score (nSPS) is 27.0. The smallest absolute Gasteiger partial charge is 0.407 e. The molecular formula is C21H31N3O4S. The van der Waals surface area contributed by atoms with Gasteiger partial charge in [0.05, 0.1) is 4.90 Å². The molecule has 2 N–H and O–H groups in total. The summed E-state index contributed by atoms with van der Waals surface area (Å²) in [5.41, 5.74) is 0.707. The van der Waals surface area contributed by atoms with E-state index in [9.17, 15) is 13.2 Å². The van der Waals surface area contributed by atoms with Gasteiger partial charge in [0.15, 0.2) is 0 Å². The summed E-state index contributed by atoms with van der Waals surface area (Å²) in [7, 11) is -3.63. The van der Waals surface area contributed by atoms with Gasteiger partial charge >= 0.3 is 6.09 Å². The summed E-state index contributed by atoms with van der Waals surface area (Å²) < 4.78 is 29.9. The standard InChI is InChI=1S/C21H31N3O4S/c1-15-5-7-18(8-6-15)29(26,27)24-22-14-16-13-21(16)11-9-17(10-12-21)23-19(25)28-20(2,3)4/h5-8,14,16-17,24H,9-13H2,1-4H3,(H,23,25)/b22-14+. The number of carbonyl (C=O) groups is 1. The number of amides is 1. The number of carbonyl (C=O) groups excluding carboxylic acids is 1. The number of hydrazone groups is 1. The lowest BCUT2D eigenvalue weighted by Crippen LogP contribution is -2.41. The van der Waals surface area contributed by atoms with Crippen molar-refractivity contribution in [1.29, 1.82) is 0 Å². The molecule has 1 amide bonds. The zero-order valence-corrected chi connectivity index (χ0v) is 18.4. The average molecular weight is 422 g/mol. The van der Waals surface area contributed by atoms with E-state index in [-0.39, 0.29) is 28.4 Å². The summed E-state index contributed by atoms with van der Waals surface area (Å²) in [6.07, 6.45) is 6.17. The Hall–Kier alpha value is -2.09. The lowest BCUT2D eigenvalue weighted by molar-refractivity contribution is 0.0484. The zero-order valence-electron chi connectivity index (χ0n) is 17.6. The van der Waals surface area contributed by atoms with Crippen LogP contribution < -0.4 is 10.1 Å². The van der Waals surface area contributed by atoms with E-state index in [1.165, 1.54) is 0 Å². The molecular weight excluding hydrogens is 390 g/mol. The lowest BCUT2D eigenvalue weighted by Gasteiger charge is -2.30. The fraction of sp³-hybridized carbons (Fsp3) is 0.619. The minimum atomic E-state index is -3.63. The minimum absolute atomic E-state index is 0.133. The van der Waals surface area contributed by atoms with Crippen molar-refractivity contribution < 1.29 is 17.9 Å². The SMILES string of the molecule is Cc1ccc(S(=O)(=O)N/N=C/C2CC23CCC(NC(=O)OC(C)(C)C)CC3)cc1. The monoisotopic (exact) mass is 421 g/mol. The predicted octanol–water partition coefficient (Wildman–Crippen LogP) is 3.73. The highest BCUT2D eigenvalue weighted by molar-refractivity contribution is 7.89. The largest absolute Gasteiger partial charge is 0.444 e. The van der Waals surface area contributed by atoms with Crippen molar-refractivity contribution in [1.82, 2.24) is 10.1 Å². The molecule has 3 rings (SSSR count). The molecule has 29 heavy (non-hydrogen) atoms. The average Bonchev–Trinajstić information content (AvgIpc) is 3.28. The Bertz CT molecular complexity index is 864. The zero-order chi connectivity index (χ0) is 21.3. The van der Waals surface area contributed by atoms with Gasteiger partial charge in [-0.25, -0.2) is 9.63 Å². The van der Waals surface area contributed by atoms with Crippen LogP contribution in [0.1, 0.15) is 58.4 Å². The molecule has 160 valence electrons. The van der Waals surface area contributed by atoms with Gasteiger partial charge in [0.1, 0.15) is 5.60 Å². The van der Waals surface area contributed by atoms with Crippen molar-refractivity contribution in [2.75, 3.05) is 0 Å². The number of nitrogens with zero attached hydrogens (tertiary/aromatic N) is 1. The maximum absolute atomic E-state index is 12.3. The van der Waals surface area contributed by atoms with Crippen LogP contribution >= 0.6 is 0 Å². The maximum Gasteiger partial charge on any atom is 0.407 e. The van der Waals surface area contributed by atoms with Crippen LogP contribution in [0.3, 0.4) is 0 Å². The molecule has 2 aliphatic carbocycles. The maximum atomic E-state index is 12.3. The molecule has 2 fully saturated rings. The number of aryl methyl sites for hydroxylation is 1. The van der Waals surface area contributed by atoms with Gasteiger partial charge in [-0.1, -0.05) is 17.7 Å². The Kier molecular flexibility index (Phi) is 5.94. The van der Waals surface area contributed by atoms with Gasteiger partial charge < -0.3 is 10.1 Å². The molecule has 1 spiro atoms. The molecule has 7 nitrogen and oxygen atoms in total. The summed E-state index contributed by atoms with van der Waals surface area (Å²) in [6, 6.07) is 6.81. The Morgan fingerprint density at radius 1 is 1.21 bits per heavy atom. The first-order valence-corrected chi connectivity index (χ1v) is 11.6. The van der Waals surface area contributed by atoms with Gasteiger partial charge in [-0.05, 0) is 77.3 Å². The molecule has 8 heteroatoms. The highest BCUT2D eigenvalue weighted by atomic mass is 32.2. The highest BCUT2D eigenvalue weighted by Gasteiger charge is 2.54. The first kappa shape index (κ1) is 21.6. The van der Waals surface area contributed by atoms with Gasteiger partial charge in [-0.2, -0.15) is 13.5 Å². The van der Waals surface area contributed by atoms with E-state index in [4.69, 9.17) is 4.74 Å². The van der Waals surface area contributed by atoms with E-state index in [1.54, 1.807) is 30.5 Å². The second-order valence-electron chi connectivity index (χ2n) is 9.28.